The maximum atomic E-state index is 13.4. The first kappa shape index (κ1) is 17.2. The lowest BCUT2D eigenvalue weighted by molar-refractivity contribution is -0.195. The minimum Gasteiger partial charge on any atom is -0.340 e. The zero-order chi connectivity index (χ0) is 18.0. The maximum Gasteiger partial charge on any atom is 0.265 e. The summed E-state index contributed by atoms with van der Waals surface area (Å²) in [4.78, 5) is 11.0. The van der Waals surface area contributed by atoms with E-state index in [2.05, 4.69) is 0 Å². The van der Waals surface area contributed by atoms with Crippen LogP contribution in [0.3, 0.4) is 0 Å². The van der Waals surface area contributed by atoms with Crippen molar-refractivity contribution in [2.75, 3.05) is 0 Å². The molecule has 1 heterocycles. The first-order chi connectivity index (χ1) is 12.7. The van der Waals surface area contributed by atoms with Crippen LogP contribution in [0.15, 0.2) is 91.0 Å². The van der Waals surface area contributed by atoms with Crippen molar-refractivity contribution in [3.8, 4) is 0 Å². The third kappa shape index (κ3) is 3.25. The second kappa shape index (κ2) is 7.18. The highest BCUT2D eigenvalue weighted by atomic mass is 31.2. The quantitative estimate of drug-likeness (QED) is 0.631. The van der Waals surface area contributed by atoms with Gasteiger partial charge in [0.2, 0.25) is 0 Å². The summed E-state index contributed by atoms with van der Waals surface area (Å²) in [5, 5.41) is 0. The highest BCUT2D eigenvalue weighted by Gasteiger charge is 2.49. The van der Waals surface area contributed by atoms with Crippen LogP contribution in [0.4, 0.5) is 0 Å². The van der Waals surface area contributed by atoms with Gasteiger partial charge in [-0.2, -0.15) is 0 Å². The van der Waals surface area contributed by atoms with Gasteiger partial charge in [-0.05, 0) is 11.1 Å². The Labute approximate surface area is 152 Å². The maximum absolute atomic E-state index is 13.4. The van der Waals surface area contributed by atoms with Crippen LogP contribution >= 0.6 is 7.37 Å². The van der Waals surface area contributed by atoms with Gasteiger partial charge in [0, 0.05) is 5.56 Å². The van der Waals surface area contributed by atoms with Crippen LogP contribution in [-0.2, 0) is 14.0 Å². The van der Waals surface area contributed by atoms with Crippen LogP contribution < -0.4 is 0 Å². The van der Waals surface area contributed by atoms with E-state index in [0.717, 1.165) is 5.56 Å². The van der Waals surface area contributed by atoms with Gasteiger partial charge < -0.3 is 14.4 Å². The Morgan fingerprint density at radius 3 is 1.35 bits per heavy atom. The standard InChI is InChI=1S/C21H19O4P/c22-26(23)20(17-12-6-2-7-13-17)24-19(16-10-4-1-5-11-16)25-21(26)18-14-8-3-9-15-18/h1-15,19-21H,(H,22,23). The molecule has 1 saturated heterocycles. The van der Waals surface area contributed by atoms with E-state index in [1.54, 1.807) is 0 Å². The Hall–Kier alpha value is -2.23. The van der Waals surface area contributed by atoms with E-state index in [0.29, 0.717) is 11.1 Å². The third-order valence-electron chi connectivity index (χ3n) is 4.42. The van der Waals surface area contributed by atoms with Crippen molar-refractivity contribution in [2.45, 2.75) is 18.0 Å². The number of hydrogen-bond acceptors (Lipinski definition) is 3. The smallest absolute Gasteiger partial charge is 0.265 e. The van der Waals surface area contributed by atoms with E-state index in [1.165, 1.54) is 0 Å². The van der Waals surface area contributed by atoms with Gasteiger partial charge in [0.15, 0.2) is 18.0 Å². The van der Waals surface area contributed by atoms with Gasteiger partial charge in [0.1, 0.15) is 0 Å². The van der Waals surface area contributed by atoms with Crippen molar-refractivity contribution in [2.24, 2.45) is 0 Å². The topological polar surface area (TPSA) is 55.8 Å². The van der Waals surface area contributed by atoms with Crippen LogP contribution in [0.5, 0.6) is 0 Å². The Kier molecular flexibility index (Phi) is 4.75. The van der Waals surface area contributed by atoms with Gasteiger partial charge in [-0.1, -0.05) is 91.0 Å². The second-order valence-corrected chi connectivity index (χ2v) is 8.50. The van der Waals surface area contributed by atoms with Gasteiger partial charge in [-0.3, -0.25) is 4.57 Å². The first-order valence-corrected chi connectivity index (χ1v) is 10.2. The molecule has 1 N–H and O–H groups in total. The fourth-order valence-electron chi connectivity index (χ4n) is 3.15. The molecule has 132 valence electrons. The predicted octanol–water partition coefficient (Wildman–Crippen LogP) is 5.40. The lowest BCUT2D eigenvalue weighted by Crippen LogP contribution is -2.25. The Morgan fingerprint density at radius 2 is 0.962 bits per heavy atom. The largest absolute Gasteiger partial charge is 0.340 e. The molecule has 0 bridgehead atoms. The number of ether oxygens (including phenoxy) is 2. The molecule has 1 aliphatic heterocycles. The fraction of sp³-hybridized carbons (Fsp3) is 0.143. The molecule has 2 unspecified atom stereocenters. The lowest BCUT2D eigenvalue weighted by atomic mass is 10.2. The first-order valence-electron chi connectivity index (χ1n) is 8.44. The van der Waals surface area contributed by atoms with Crippen LogP contribution in [0, 0.1) is 0 Å². The molecule has 0 amide bonds. The molecule has 1 aliphatic rings. The number of rotatable bonds is 3. The number of benzene rings is 3. The van der Waals surface area contributed by atoms with E-state index in [1.807, 2.05) is 91.0 Å². The van der Waals surface area contributed by atoms with Crippen LogP contribution in [0.25, 0.3) is 0 Å². The Morgan fingerprint density at radius 1 is 0.615 bits per heavy atom. The summed E-state index contributed by atoms with van der Waals surface area (Å²) in [5.41, 5.74) is 2.15. The van der Waals surface area contributed by atoms with E-state index < -0.39 is 25.3 Å². The molecule has 5 heteroatoms. The monoisotopic (exact) mass is 366 g/mol. The molecule has 0 radical (unpaired) electrons. The summed E-state index contributed by atoms with van der Waals surface area (Å²) >= 11 is 0. The minimum absolute atomic E-state index is 0.670. The van der Waals surface area contributed by atoms with Gasteiger partial charge in [0.05, 0.1) is 0 Å². The van der Waals surface area contributed by atoms with Crippen molar-refractivity contribution in [3.05, 3.63) is 108 Å². The van der Waals surface area contributed by atoms with Gasteiger partial charge >= 0.3 is 0 Å². The van der Waals surface area contributed by atoms with Crippen LogP contribution in [0.1, 0.15) is 34.7 Å². The molecule has 0 aliphatic carbocycles. The average molecular weight is 366 g/mol. The third-order valence-corrected chi connectivity index (χ3v) is 6.60. The molecular formula is C21H19O4P. The summed E-state index contributed by atoms with van der Waals surface area (Å²) in [7, 11) is -3.85. The van der Waals surface area contributed by atoms with Gasteiger partial charge in [0.25, 0.3) is 7.37 Å². The molecule has 26 heavy (non-hydrogen) atoms. The molecule has 1 fully saturated rings. The highest BCUT2D eigenvalue weighted by Crippen LogP contribution is 2.71. The molecule has 0 spiro atoms. The molecule has 3 aromatic carbocycles. The van der Waals surface area contributed by atoms with Crippen molar-refractivity contribution in [1.82, 2.24) is 0 Å². The summed E-state index contributed by atoms with van der Waals surface area (Å²) in [5.74, 6) is -1.90. The fourth-order valence-corrected chi connectivity index (χ4v) is 5.17. The van der Waals surface area contributed by atoms with E-state index >= 15 is 0 Å². The highest BCUT2D eigenvalue weighted by molar-refractivity contribution is 7.58. The Balaban J connectivity index is 1.79. The van der Waals surface area contributed by atoms with Crippen molar-refractivity contribution in [3.63, 3.8) is 0 Å². The van der Waals surface area contributed by atoms with E-state index in [9.17, 15) is 9.46 Å². The minimum atomic E-state index is -3.85. The van der Waals surface area contributed by atoms with Crippen molar-refractivity contribution in [1.29, 1.82) is 0 Å². The van der Waals surface area contributed by atoms with Crippen molar-refractivity contribution >= 4 is 7.37 Å². The normalized spacial score (nSPS) is 28.6. The molecule has 4 rings (SSSR count). The molecule has 0 aromatic heterocycles. The average Bonchev–Trinajstić information content (AvgIpc) is 2.69. The zero-order valence-corrected chi connectivity index (χ0v) is 14.9. The number of hydrogen-bond donors (Lipinski definition) is 1. The van der Waals surface area contributed by atoms with Gasteiger partial charge in [-0.25, -0.2) is 0 Å². The summed E-state index contributed by atoms with van der Waals surface area (Å²) < 4.78 is 25.4. The molecule has 3 aromatic rings. The molecule has 4 nitrogen and oxygen atoms in total. The van der Waals surface area contributed by atoms with E-state index in [-0.39, 0.29) is 0 Å². The summed E-state index contributed by atoms with van der Waals surface area (Å²) in [6.45, 7) is 0. The molecule has 2 atom stereocenters. The zero-order valence-electron chi connectivity index (χ0n) is 14.0. The van der Waals surface area contributed by atoms with Crippen molar-refractivity contribution < 1.29 is 18.9 Å². The second-order valence-electron chi connectivity index (χ2n) is 6.21. The molecule has 0 saturated carbocycles. The molecular weight excluding hydrogens is 347 g/mol. The van der Waals surface area contributed by atoms with Gasteiger partial charge in [-0.15, -0.1) is 0 Å². The Bertz CT molecular complexity index is 846. The lowest BCUT2D eigenvalue weighted by Gasteiger charge is -2.39. The summed E-state index contributed by atoms with van der Waals surface area (Å²) in [6.07, 6.45) is -0.721. The summed E-state index contributed by atoms with van der Waals surface area (Å²) in [6, 6.07) is 27.8. The van der Waals surface area contributed by atoms with Crippen LogP contribution in [-0.4, -0.2) is 4.89 Å². The van der Waals surface area contributed by atoms with Crippen LogP contribution in [0.2, 0.25) is 0 Å². The predicted molar refractivity (Wildman–Crippen MR) is 99.5 cm³/mol. The van der Waals surface area contributed by atoms with E-state index in [4.69, 9.17) is 9.47 Å². The SMILES string of the molecule is O=P1(O)C(c2ccccc2)OC(c2ccccc2)OC1c1ccccc1.